The fourth-order valence-corrected chi connectivity index (χ4v) is 1.86. The molecule has 0 spiro atoms. The fraction of sp³-hybridized carbons (Fsp3) is 0.333. The number of ether oxygens (including phenoxy) is 1. The summed E-state index contributed by atoms with van der Waals surface area (Å²) in [5, 5.41) is 6.11. The Labute approximate surface area is 123 Å². The van der Waals surface area contributed by atoms with Crippen LogP contribution in [-0.4, -0.2) is 23.6 Å². The Morgan fingerprint density at radius 3 is 2.57 bits per heavy atom. The molecule has 5 nitrogen and oxygen atoms in total. The van der Waals surface area contributed by atoms with Gasteiger partial charge < -0.3 is 15.4 Å². The average molecular weight is 290 g/mol. The molecule has 0 atom stereocenters. The first-order valence-corrected chi connectivity index (χ1v) is 6.88. The van der Waals surface area contributed by atoms with Crippen molar-refractivity contribution in [2.24, 2.45) is 0 Å². The van der Waals surface area contributed by atoms with Crippen molar-refractivity contribution in [3.8, 4) is 5.75 Å². The van der Waals surface area contributed by atoms with E-state index in [4.69, 9.17) is 4.74 Å². The standard InChI is InChI=1S/C15H19FN4O/c1-4-13-19-14(17-5-2)9-15(20-13)18-12-8-10(21-3)6-7-11(12)16/h6-9H,4-5H2,1-3H3,(H2,17,18,19,20). The van der Waals surface area contributed by atoms with E-state index in [1.807, 2.05) is 13.8 Å². The van der Waals surface area contributed by atoms with E-state index in [2.05, 4.69) is 20.6 Å². The molecule has 2 rings (SSSR count). The number of nitrogens with one attached hydrogen (secondary N) is 2. The lowest BCUT2D eigenvalue weighted by molar-refractivity contribution is 0.414. The zero-order valence-electron chi connectivity index (χ0n) is 12.4. The van der Waals surface area contributed by atoms with Crippen LogP contribution in [0.15, 0.2) is 24.3 Å². The number of hydrogen-bond donors (Lipinski definition) is 2. The van der Waals surface area contributed by atoms with E-state index in [-0.39, 0.29) is 5.82 Å². The van der Waals surface area contributed by atoms with Gasteiger partial charge in [-0.15, -0.1) is 0 Å². The van der Waals surface area contributed by atoms with Gasteiger partial charge in [0.15, 0.2) is 0 Å². The van der Waals surface area contributed by atoms with Crippen LogP contribution in [0.25, 0.3) is 0 Å². The van der Waals surface area contributed by atoms with Gasteiger partial charge in [0, 0.05) is 25.1 Å². The lowest BCUT2D eigenvalue weighted by Crippen LogP contribution is -2.06. The van der Waals surface area contributed by atoms with E-state index in [1.54, 1.807) is 25.3 Å². The largest absolute Gasteiger partial charge is 0.497 e. The highest BCUT2D eigenvalue weighted by Gasteiger charge is 2.08. The van der Waals surface area contributed by atoms with Gasteiger partial charge in [0.05, 0.1) is 12.8 Å². The average Bonchev–Trinajstić information content (AvgIpc) is 2.49. The van der Waals surface area contributed by atoms with Gasteiger partial charge in [-0.3, -0.25) is 0 Å². The molecular formula is C15H19FN4O. The van der Waals surface area contributed by atoms with Gasteiger partial charge in [-0.05, 0) is 19.1 Å². The van der Waals surface area contributed by atoms with Gasteiger partial charge in [0.1, 0.15) is 29.0 Å². The Morgan fingerprint density at radius 2 is 1.90 bits per heavy atom. The van der Waals surface area contributed by atoms with Crippen molar-refractivity contribution in [2.45, 2.75) is 20.3 Å². The van der Waals surface area contributed by atoms with Crippen LogP contribution >= 0.6 is 0 Å². The molecule has 6 heteroatoms. The van der Waals surface area contributed by atoms with Crippen LogP contribution in [0.4, 0.5) is 21.7 Å². The van der Waals surface area contributed by atoms with E-state index in [0.29, 0.717) is 29.5 Å². The first-order chi connectivity index (χ1) is 10.2. The van der Waals surface area contributed by atoms with Crippen LogP contribution in [0.5, 0.6) is 5.75 Å². The molecule has 0 saturated heterocycles. The second kappa shape index (κ2) is 6.88. The normalized spacial score (nSPS) is 10.3. The summed E-state index contributed by atoms with van der Waals surface area (Å²) in [5.41, 5.74) is 0.317. The van der Waals surface area contributed by atoms with E-state index in [1.165, 1.54) is 6.07 Å². The SMILES string of the molecule is CCNc1cc(Nc2cc(OC)ccc2F)nc(CC)n1. The third-order valence-corrected chi connectivity index (χ3v) is 2.88. The van der Waals surface area contributed by atoms with Gasteiger partial charge in [-0.2, -0.15) is 0 Å². The van der Waals surface area contributed by atoms with Crippen molar-refractivity contribution in [1.82, 2.24) is 9.97 Å². The summed E-state index contributed by atoms with van der Waals surface area (Å²) in [4.78, 5) is 8.72. The predicted molar refractivity (Wildman–Crippen MR) is 81.8 cm³/mol. The molecule has 0 aliphatic heterocycles. The Morgan fingerprint density at radius 1 is 1.14 bits per heavy atom. The van der Waals surface area contributed by atoms with Gasteiger partial charge in [0.25, 0.3) is 0 Å². The Kier molecular flexibility index (Phi) is 4.92. The molecule has 0 radical (unpaired) electrons. The number of hydrogen-bond acceptors (Lipinski definition) is 5. The van der Waals surface area contributed by atoms with Gasteiger partial charge >= 0.3 is 0 Å². The highest BCUT2D eigenvalue weighted by molar-refractivity contribution is 5.61. The molecule has 0 fully saturated rings. The summed E-state index contributed by atoms with van der Waals surface area (Å²) in [7, 11) is 1.54. The summed E-state index contributed by atoms with van der Waals surface area (Å²) in [5.74, 6) is 2.17. The minimum absolute atomic E-state index is 0.317. The molecule has 0 bridgehead atoms. The van der Waals surface area contributed by atoms with Gasteiger partial charge in [-0.1, -0.05) is 6.92 Å². The van der Waals surface area contributed by atoms with Crippen molar-refractivity contribution in [3.63, 3.8) is 0 Å². The zero-order chi connectivity index (χ0) is 15.2. The molecule has 1 aromatic carbocycles. The molecule has 2 aromatic rings. The van der Waals surface area contributed by atoms with Crippen molar-refractivity contribution < 1.29 is 9.13 Å². The van der Waals surface area contributed by atoms with Crippen molar-refractivity contribution in [1.29, 1.82) is 0 Å². The summed E-state index contributed by atoms with van der Waals surface area (Å²) in [6.07, 6.45) is 0.703. The van der Waals surface area contributed by atoms with Crippen LogP contribution in [0.1, 0.15) is 19.7 Å². The van der Waals surface area contributed by atoms with E-state index >= 15 is 0 Å². The Balaban J connectivity index is 2.32. The van der Waals surface area contributed by atoms with Crippen molar-refractivity contribution in [3.05, 3.63) is 35.9 Å². The molecule has 21 heavy (non-hydrogen) atoms. The highest BCUT2D eigenvalue weighted by atomic mass is 19.1. The maximum atomic E-state index is 13.8. The maximum Gasteiger partial charge on any atom is 0.146 e. The highest BCUT2D eigenvalue weighted by Crippen LogP contribution is 2.24. The minimum atomic E-state index is -0.363. The number of anilines is 3. The van der Waals surface area contributed by atoms with Crippen molar-refractivity contribution >= 4 is 17.3 Å². The van der Waals surface area contributed by atoms with Crippen molar-refractivity contribution in [2.75, 3.05) is 24.3 Å². The van der Waals surface area contributed by atoms with Crippen LogP contribution in [0.2, 0.25) is 0 Å². The summed E-state index contributed by atoms with van der Waals surface area (Å²) >= 11 is 0. The van der Waals surface area contributed by atoms with E-state index in [0.717, 1.165) is 12.4 Å². The molecule has 0 aliphatic rings. The van der Waals surface area contributed by atoms with E-state index < -0.39 is 0 Å². The lowest BCUT2D eigenvalue weighted by Gasteiger charge is -2.11. The first kappa shape index (κ1) is 15.0. The number of halogens is 1. The molecule has 2 N–H and O–H groups in total. The number of rotatable bonds is 6. The maximum absolute atomic E-state index is 13.8. The smallest absolute Gasteiger partial charge is 0.146 e. The zero-order valence-corrected chi connectivity index (χ0v) is 12.4. The van der Waals surface area contributed by atoms with Crippen LogP contribution in [-0.2, 0) is 6.42 Å². The quantitative estimate of drug-likeness (QED) is 0.854. The first-order valence-electron chi connectivity index (χ1n) is 6.88. The molecule has 1 heterocycles. The molecule has 0 saturated carbocycles. The monoisotopic (exact) mass is 290 g/mol. The van der Waals surface area contributed by atoms with Crippen LogP contribution in [0, 0.1) is 5.82 Å². The summed E-state index contributed by atoms with van der Waals surface area (Å²) in [6.45, 7) is 4.72. The number of methoxy groups -OCH3 is 1. The molecule has 1 aromatic heterocycles. The summed E-state index contributed by atoms with van der Waals surface area (Å²) in [6, 6.07) is 6.27. The molecule has 0 aliphatic carbocycles. The Hall–Kier alpha value is -2.37. The second-order valence-electron chi connectivity index (χ2n) is 4.41. The van der Waals surface area contributed by atoms with E-state index in [9.17, 15) is 4.39 Å². The number of nitrogens with zero attached hydrogens (tertiary/aromatic N) is 2. The Bertz CT molecular complexity index is 619. The molecule has 0 unspecified atom stereocenters. The number of aryl methyl sites for hydroxylation is 1. The second-order valence-corrected chi connectivity index (χ2v) is 4.41. The predicted octanol–water partition coefficient (Wildman–Crippen LogP) is 3.36. The third-order valence-electron chi connectivity index (χ3n) is 2.88. The lowest BCUT2D eigenvalue weighted by atomic mass is 10.3. The van der Waals surface area contributed by atoms with Crippen LogP contribution < -0.4 is 15.4 Å². The topological polar surface area (TPSA) is 59.1 Å². The number of benzene rings is 1. The molecule has 0 amide bonds. The third kappa shape index (κ3) is 3.81. The minimum Gasteiger partial charge on any atom is -0.497 e. The van der Waals surface area contributed by atoms with Crippen LogP contribution in [0.3, 0.4) is 0 Å². The fourth-order valence-electron chi connectivity index (χ4n) is 1.86. The van der Waals surface area contributed by atoms with Gasteiger partial charge in [0.2, 0.25) is 0 Å². The molecular weight excluding hydrogens is 271 g/mol. The molecule has 112 valence electrons. The number of aromatic nitrogens is 2. The van der Waals surface area contributed by atoms with Gasteiger partial charge in [-0.25, -0.2) is 14.4 Å². The summed E-state index contributed by atoms with van der Waals surface area (Å²) < 4.78 is 18.9.